The monoisotopic (exact) mass is 344 g/mol. The van der Waals surface area contributed by atoms with Gasteiger partial charge < -0.3 is 5.73 Å². The number of sulfonamides is 1. The predicted octanol–water partition coefficient (Wildman–Crippen LogP) is 2.97. The van der Waals surface area contributed by atoms with E-state index in [0.717, 1.165) is 6.07 Å². The standard InChI is InChI=1S/C12H10BrFN2O2S/c13-8-5-6-9(14)11(7-8)16-19(17,18)12-4-2-1-3-10(12)15/h1-7,16H,15H2. The lowest BCUT2D eigenvalue weighted by atomic mass is 10.3. The molecule has 2 aromatic rings. The molecule has 0 aliphatic rings. The van der Waals surface area contributed by atoms with Crippen LogP contribution in [0.1, 0.15) is 0 Å². The minimum absolute atomic E-state index is 0.0885. The molecule has 4 nitrogen and oxygen atoms in total. The average molecular weight is 345 g/mol. The van der Waals surface area contributed by atoms with E-state index in [4.69, 9.17) is 5.73 Å². The van der Waals surface area contributed by atoms with Crippen molar-refractivity contribution in [3.8, 4) is 0 Å². The molecule has 7 heteroatoms. The smallest absolute Gasteiger partial charge is 0.264 e. The number of hydrogen-bond acceptors (Lipinski definition) is 3. The van der Waals surface area contributed by atoms with Crippen molar-refractivity contribution in [1.29, 1.82) is 0 Å². The second-order valence-corrected chi connectivity index (χ2v) is 6.33. The van der Waals surface area contributed by atoms with Crippen molar-refractivity contribution in [3.05, 3.63) is 52.8 Å². The van der Waals surface area contributed by atoms with Crippen molar-refractivity contribution < 1.29 is 12.8 Å². The van der Waals surface area contributed by atoms with E-state index < -0.39 is 15.8 Å². The van der Waals surface area contributed by atoms with Crippen molar-refractivity contribution in [2.45, 2.75) is 4.90 Å². The van der Waals surface area contributed by atoms with Gasteiger partial charge >= 0.3 is 0 Å². The summed E-state index contributed by atoms with van der Waals surface area (Å²) >= 11 is 3.15. The van der Waals surface area contributed by atoms with E-state index in [1.807, 2.05) is 0 Å². The number of rotatable bonds is 3. The Labute approximate surface area is 118 Å². The summed E-state index contributed by atoms with van der Waals surface area (Å²) in [6.07, 6.45) is 0. The van der Waals surface area contributed by atoms with Crippen molar-refractivity contribution in [2.24, 2.45) is 0 Å². The Morgan fingerprint density at radius 2 is 1.84 bits per heavy atom. The van der Waals surface area contributed by atoms with Gasteiger partial charge in [-0.2, -0.15) is 0 Å². The van der Waals surface area contributed by atoms with Gasteiger partial charge in [-0.05, 0) is 30.3 Å². The van der Waals surface area contributed by atoms with Gasteiger partial charge in [-0.25, -0.2) is 12.8 Å². The topological polar surface area (TPSA) is 72.2 Å². The van der Waals surface area contributed by atoms with Gasteiger partial charge in [0.2, 0.25) is 0 Å². The fourth-order valence-electron chi connectivity index (χ4n) is 1.50. The van der Waals surface area contributed by atoms with E-state index in [-0.39, 0.29) is 16.3 Å². The van der Waals surface area contributed by atoms with Gasteiger partial charge in [0.25, 0.3) is 10.0 Å². The summed E-state index contributed by atoms with van der Waals surface area (Å²) < 4.78 is 40.5. The maximum atomic E-state index is 13.5. The first kappa shape index (κ1) is 13.8. The molecule has 0 aliphatic heterocycles. The molecule has 0 radical (unpaired) electrons. The lowest BCUT2D eigenvalue weighted by molar-refractivity contribution is 0.599. The number of nitrogen functional groups attached to an aromatic ring is 1. The summed E-state index contributed by atoms with van der Waals surface area (Å²) in [5, 5.41) is 0. The summed E-state index contributed by atoms with van der Waals surface area (Å²) in [7, 11) is -3.92. The molecule has 0 saturated carbocycles. The lowest BCUT2D eigenvalue weighted by Gasteiger charge is -2.10. The number of halogens is 2. The Balaban J connectivity index is 2.43. The zero-order valence-electron chi connectivity index (χ0n) is 9.60. The molecular weight excluding hydrogens is 335 g/mol. The molecule has 2 rings (SSSR count). The van der Waals surface area contributed by atoms with Gasteiger partial charge in [-0.15, -0.1) is 0 Å². The lowest BCUT2D eigenvalue weighted by Crippen LogP contribution is -2.15. The fourth-order valence-corrected chi connectivity index (χ4v) is 3.05. The summed E-state index contributed by atoms with van der Waals surface area (Å²) in [5.41, 5.74) is 5.57. The van der Waals surface area contributed by atoms with Crippen molar-refractivity contribution in [1.82, 2.24) is 0 Å². The van der Waals surface area contributed by atoms with Crippen molar-refractivity contribution >= 4 is 37.3 Å². The molecule has 0 atom stereocenters. The van der Waals surface area contributed by atoms with E-state index in [9.17, 15) is 12.8 Å². The first-order valence-electron chi connectivity index (χ1n) is 5.22. The third-order valence-corrected chi connectivity index (χ3v) is 4.31. The SMILES string of the molecule is Nc1ccccc1S(=O)(=O)Nc1cc(Br)ccc1F. The first-order chi connectivity index (χ1) is 8.90. The molecule has 0 fully saturated rings. The minimum atomic E-state index is -3.92. The largest absolute Gasteiger partial charge is 0.398 e. The van der Waals surface area contributed by atoms with E-state index in [0.29, 0.717) is 4.47 Å². The van der Waals surface area contributed by atoms with E-state index in [1.54, 1.807) is 12.1 Å². The van der Waals surface area contributed by atoms with Crippen LogP contribution < -0.4 is 10.5 Å². The highest BCUT2D eigenvalue weighted by atomic mass is 79.9. The zero-order chi connectivity index (χ0) is 14.0. The molecule has 0 unspecified atom stereocenters. The molecule has 3 N–H and O–H groups in total. The quantitative estimate of drug-likeness (QED) is 0.840. The fraction of sp³-hybridized carbons (Fsp3) is 0. The molecule has 2 aromatic carbocycles. The van der Waals surface area contributed by atoms with Crippen molar-refractivity contribution in [2.75, 3.05) is 10.5 Å². The number of nitrogens with one attached hydrogen (secondary N) is 1. The summed E-state index contributed by atoms with van der Waals surface area (Å²) in [6.45, 7) is 0. The van der Waals surface area contributed by atoms with Crippen LogP contribution >= 0.6 is 15.9 Å². The Morgan fingerprint density at radius 3 is 2.53 bits per heavy atom. The third-order valence-electron chi connectivity index (χ3n) is 2.38. The van der Waals surface area contributed by atoms with Gasteiger partial charge in [0, 0.05) is 4.47 Å². The molecule has 0 amide bonds. The highest BCUT2D eigenvalue weighted by Crippen LogP contribution is 2.25. The number of nitrogens with two attached hydrogens (primary N) is 1. The van der Waals surface area contributed by atoms with Crippen LogP contribution in [0.3, 0.4) is 0 Å². The van der Waals surface area contributed by atoms with Crippen LogP contribution in [0.2, 0.25) is 0 Å². The van der Waals surface area contributed by atoms with Crippen LogP contribution in [-0.2, 0) is 10.0 Å². The number of para-hydroxylation sites is 1. The van der Waals surface area contributed by atoms with E-state index >= 15 is 0 Å². The summed E-state index contributed by atoms with van der Waals surface area (Å²) in [4.78, 5) is -0.0885. The number of benzene rings is 2. The average Bonchev–Trinajstić information content (AvgIpc) is 2.34. The van der Waals surface area contributed by atoms with Crippen LogP contribution in [0, 0.1) is 5.82 Å². The van der Waals surface area contributed by atoms with Gasteiger partial charge in [0.15, 0.2) is 0 Å². The Bertz CT molecular complexity index is 719. The third kappa shape index (κ3) is 3.05. The van der Waals surface area contributed by atoms with E-state index in [1.165, 1.54) is 24.3 Å². The Morgan fingerprint density at radius 1 is 1.16 bits per heavy atom. The normalized spacial score (nSPS) is 11.3. The predicted molar refractivity (Wildman–Crippen MR) is 75.8 cm³/mol. The van der Waals surface area contributed by atoms with Crippen LogP contribution in [0.5, 0.6) is 0 Å². The summed E-state index contributed by atoms with van der Waals surface area (Å²) in [5.74, 6) is -0.665. The van der Waals surface area contributed by atoms with Crippen LogP contribution in [-0.4, -0.2) is 8.42 Å². The number of hydrogen-bond donors (Lipinski definition) is 2. The molecule has 0 saturated heterocycles. The van der Waals surface area contributed by atoms with Crippen LogP contribution in [0.25, 0.3) is 0 Å². The van der Waals surface area contributed by atoms with E-state index in [2.05, 4.69) is 20.7 Å². The Hall–Kier alpha value is -1.60. The van der Waals surface area contributed by atoms with Gasteiger partial charge in [-0.1, -0.05) is 28.1 Å². The molecular formula is C12H10BrFN2O2S. The highest BCUT2D eigenvalue weighted by Gasteiger charge is 2.18. The molecule has 0 bridgehead atoms. The molecule has 100 valence electrons. The minimum Gasteiger partial charge on any atom is -0.398 e. The molecule has 0 spiro atoms. The maximum Gasteiger partial charge on any atom is 0.264 e. The second kappa shape index (κ2) is 5.18. The molecule has 19 heavy (non-hydrogen) atoms. The second-order valence-electron chi connectivity index (χ2n) is 3.77. The van der Waals surface area contributed by atoms with Crippen LogP contribution in [0.4, 0.5) is 15.8 Å². The van der Waals surface area contributed by atoms with Gasteiger partial charge in [0.05, 0.1) is 11.4 Å². The van der Waals surface area contributed by atoms with Crippen LogP contribution in [0.15, 0.2) is 51.8 Å². The first-order valence-corrected chi connectivity index (χ1v) is 7.50. The molecule has 0 aromatic heterocycles. The molecule has 0 heterocycles. The number of anilines is 2. The Kier molecular flexibility index (Phi) is 3.77. The maximum absolute atomic E-state index is 13.5. The van der Waals surface area contributed by atoms with Gasteiger partial charge in [0.1, 0.15) is 10.7 Å². The molecule has 0 aliphatic carbocycles. The van der Waals surface area contributed by atoms with Gasteiger partial charge in [-0.3, -0.25) is 4.72 Å². The summed E-state index contributed by atoms with van der Waals surface area (Å²) in [6, 6.07) is 9.96. The highest BCUT2D eigenvalue weighted by molar-refractivity contribution is 9.10. The van der Waals surface area contributed by atoms with Crippen molar-refractivity contribution in [3.63, 3.8) is 0 Å². The zero-order valence-corrected chi connectivity index (χ0v) is 12.0.